The Labute approximate surface area is 102 Å². The number of carbonyl (C=O) groups is 1. The molecule has 0 radical (unpaired) electrons. The number of hydrogen-bond donors (Lipinski definition) is 1. The molecule has 6 heteroatoms. The number of halogens is 4. The number of nitrogens with one attached hydrogen (secondary N) is 1. The molecule has 0 aliphatic rings. The number of hydrogen-bond acceptors (Lipinski definition) is 1. The third-order valence-corrected chi connectivity index (χ3v) is 2.58. The van der Waals surface area contributed by atoms with Gasteiger partial charge in [0.25, 0.3) is 5.91 Å². The van der Waals surface area contributed by atoms with Crippen LogP contribution in [0.3, 0.4) is 0 Å². The second-order valence-electron chi connectivity index (χ2n) is 3.98. The highest BCUT2D eigenvalue weighted by molar-refractivity contribution is 5.84. The number of aryl methyl sites for hydroxylation is 1. The second kappa shape index (κ2) is 5.37. The van der Waals surface area contributed by atoms with E-state index < -0.39 is 24.3 Å². The Morgan fingerprint density at radius 1 is 1.28 bits per heavy atom. The normalized spacial score (nSPS) is 13.5. The zero-order valence-corrected chi connectivity index (χ0v) is 9.88. The Hall–Kier alpha value is -1.59. The lowest BCUT2D eigenvalue weighted by Gasteiger charge is -2.20. The van der Waals surface area contributed by atoms with E-state index in [1.165, 1.54) is 6.92 Å². The van der Waals surface area contributed by atoms with Crippen molar-refractivity contribution in [1.82, 2.24) is 5.32 Å². The summed E-state index contributed by atoms with van der Waals surface area (Å²) in [7, 11) is 0. The van der Waals surface area contributed by atoms with Gasteiger partial charge in [-0.15, -0.1) is 0 Å². The van der Waals surface area contributed by atoms with Crippen LogP contribution in [-0.2, 0) is 4.79 Å². The fourth-order valence-corrected chi connectivity index (χ4v) is 1.54. The highest BCUT2D eigenvalue weighted by Gasteiger charge is 2.49. The lowest BCUT2D eigenvalue weighted by atomic mass is 10.0. The highest BCUT2D eigenvalue weighted by atomic mass is 19.3. The smallest absolute Gasteiger partial charge is 0.344 e. The van der Waals surface area contributed by atoms with E-state index in [1.807, 2.05) is 5.32 Å². The lowest BCUT2D eigenvalue weighted by Crippen LogP contribution is -2.46. The Balaban J connectivity index is 2.81. The van der Waals surface area contributed by atoms with E-state index in [4.69, 9.17) is 0 Å². The minimum absolute atomic E-state index is 0.607. The Morgan fingerprint density at radius 3 is 2.33 bits per heavy atom. The Kier molecular flexibility index (Phi) is 4.32. The molecule has 1 amide bonds. The minimum atomic E-state index is -4.67. The maximum Gasteiger partial charge on any atom is 0.383 e. The van der Waals surface area contributed by atoms with Crippen LogP contribution in [0.2, 0.25) is 0 Å². The average molecular weight is 263 g/mol. The van der Waals surface area contributed by atoms with Gasteiger partial charge in [-0.05, 0) is 25.0 Å². The van der Waals surface area contributed by atoms with E-state index in [2.05, 4.69) is 0 Å². The Morgan fingerprint density at radius 2 is 1.83 bits per heavy atom. The predicted molar refractivity (Wildman–Crippen MR) is 58.7 cm³/mol. The third kappa shape index (κ3) is 3.00. The van der Waals surface area contributed by atoms with E-state index in [0.717, 1.165) is 5.56 Å². The van der Waals surface area contributed by atoms with Gasteiger partial charge in [0.2, 0.25) is 0 Å². The van der Waals surface area contributed by atoms with E-state index in [1.54, 1.807) is 31.2 Å². The summed E-state index contributed by atoms with van der Waals surface area (Å²) in [4.78, 5) is 11.1. The van der Waals surface area contributed by atoms with E-state index in [0.29, 0.717) is 5.56 Å². The standard InChI is InChI=1S/C12H13F4NO/c1-7-5-3-4-6-9(7)8(2)17-11(18)12(15,16)10(13)14/h3-6,8,10H,1-2H3,(H,17,18)/t8-/m1/s1. The van der Waals surface area contributed by atoms with Gasteiger partial charge >= 0.3 is 12.3 Å². The molecule has 1 aromatic rings. The minimum Gasteiger partial charge on any atom is -0.344 e. The summed E-state index contributed by atoms with van der Waals surface area (Å²) in [5.41, 5.74) is 1.39. The van der Waals surface area contributed by atoms with Crippen LogP contribution in [0.25, 0.3) is 0 Å². The summed E-state index contributed by atoms with van der Waals surface area (Å²) in [5.74, 6) is -6.63. The first-order valence-electron chi connectivity index (χ1n) is 5.29. The van der Waals surface area contributed by atoms with Gasteiger partial charge in [-0.1, -0.05) is 24.3 Å². The molecule has 0 fully saturated rings. The van der Waals surface area contributed by atoms with Gasteiger partial charge in [0.1, 0.15) is 0 Å². The number of carbonyl (C=O) groups excluding carboxylic acids is 1. The molecule has 0 spiro atoms. The fourth-order valence-electron chi connectivity index (χ4n) is 1.54. The molecule has 18 heavy (non-hydrogen) atoms. The molecule has 1 atom stereocenters. The quantitative estimate of drug-likeness (QED) is 0.831. The van der Waals surface area contributed by atoms with Gasteiger partial charge in [-0.2, -0.15) is 8.78 Å². The summed E-state index contributed by atoms with van der Waals surface area (Å²) >= 11 is 0. The predicted octanol–water partition coefficient (Wildman–Crippen LogP) is 3.07. The molecule has 0 aliphatic heterocycles. The van der Waals surface area contributed by atoms with Gasteiger partial charge in [0.15, 0.2) is 0 Å². The number of benzene rings is 1. The molecule has 0 aromatic heterocycles. The van der Waals surface area contributed by atoms with Crippen molar-refractivity contribution in [2.45, 2.75) is 32.2 Å². The zero-order valence-electron chi connectivity index (χ0n) is 9.88. The number of amides is 1. The van der Waals surface area contributed by atoms with Crippen LogP contribution in [0, 0.1) is 6.92 Å². The molecule has 1 N–H and O–H groups in total. The maximum absolute atomic E-state index is 12.8. The molecule has 0 saturated carbocycles. The molecular weight excluding hydrogens is 250 g/mol. The van der Waals surface area contributed by atoms with E-state index in [9.17, 15) is 22.4 Å². The lowest BCUT2D eigenvalue weighted by molar-refractivity contribution is -0.170. The summed E-state index contributed by atoms with van der Waals surface area (Å²) in [5, 5.41) is 1.89. The zero-order chi connectivity index (χ0) is 13.9. The SMILES string of the molecule is Cc1ccccc1[C@@H](C)NC(=O)C(F)(F)C(F)F. The summed E-state index contributed by atoms with van der Waals surface area (Å²) < 4.78 is 49.5. The van der Waals surface area contributed by atoms with Crippen molar-refractivity contribution in [2.75, 3.05) is 0 Å². The van der Waals surface area contributed by atoms with Crippen LogP contribution in [0.4, 0.5) is 17.6 Å². The van der Waals surface area contributed by atoms with Gasteiger partial charge in [-0.3, -0.25) is 4.79 Å². The van der Waals surface area contributed by atoms with Crippen molar-refractivity contribution in [3.8, 4) is 0 Å². The fraction of sp³-hybridized carbons (Fsp3) is 0.417. The summed E-state index contributed by atoms with van der Waals surface area (Å²) in [6, 6.07) is 6.05. The molecular formula is C12H13F4NO. The van der Waals surface area contributed by atoms with Crippen molar-refractivity contribution < 1.29 is 22.4 Å². The van der Waals surface area contributed by atoms with Crippen LogP contribution >= 0.6 is 0 Å². The summed E-state index contributed by atoms with van der Waals surface area (Å²) in [6.07, 6.45) is -4.01. The molecule has 1 aromatic carbocycles. The van der Waals surface area contributed by atoms with E-state index >= 15 is 0 Å². The second-order valence-corrected chi connectivity index (χ2v) is 3.98. The first-order valence-corrected chi connectivity index (χ1v) is 5.29. The van der Waals surface area contributed by atoms with Crippen molar-refractivity contribution in [2.24, 2.45) is 0 Å². The van der Waals surface area contributed by atoms with Crippen molar-refractivity contribution in [3.05, 3.63) is 35.4 Å². The molecule has 1 rings (SSSR count). The van der Waals surface area contributed by atoms with Gasteiger partial charge in [-0.25, -0.2) is 8.78 Å². The summed E-state index contributed by atoms with van der Waals surface area (Å²) in [6.45, 7) is 3.20. The largest absolute Gasteiger partial charge is 0.383 e. The van der Waals surface area contributed by atoms with Gasteiger partial charge in [0.05, 0.1) is 6.04 Å². The molecule has 2 nitrogen and oxygen atoms in total. The van der Waals surface area contributed by atoms with Crippen LogP contribution < -0.4 is 5.32 Å². The van der Waals surface area contributed by atoms with Crippen LogP contribution in [0.15, 0.2) is 24.3 Å². The van der Waals surface area contributed by atoms with Crippen LogP contribution in [-0.4, -0.2) is 18.3 Å². The van der Waals surface area contributed by atoms with Crippen molar-refractivity contribution in [1.29, 1.82) is 0 Å². The first kappa shape index (κ1) is 14.5. The van der Waals surface area contributed by atoms with Crippen molar-refractivity contribution >= 4 is 5.91 Å². The highest BCUT2D eigenvalue weighted by Crippen LogP contribution is 2.25. The van der Waals surface area contributed by atoms with Crippen molar-refractivity contribution in [3.63, 3.8) is 0 Å². The van der Waals surface area contributed by atoms with Crippen LogP contribution in [0.1, 0.15) is 24.1 Å². The van der Waals surface area contributed by atoms with Gasteiger partial charge < -0.3 is 5.32 Å². The molecule has 0 bridgehead atoms. The average Bonchev–Trinajstić information content (AvgIpc) is 2.28. The number of rotatable bonds is 4. The topological polar surface area (TPSA) is 29.1 Å². The van der Waals surface area contributed by atoms with Gasteiger partial charge in [0, 0.05) is 0 Å². The maximum atomic E-state index is 12.8. The molecule has 0 aliphatic carbocycles. The van der Waals surface area contributed by atoms with E-state index in [-0.39, 0.29) is 0 Å². The monoisotopic (exact) mass is 263 g/mol. The first-order chi connectivity index (χ1) is 8.26. The molecule has 0 heterocycles. The number of alkyl halides is 4. The van der Waals surface area contributed by atoms with Crippen LogP contribution in [0.5, 0.6) is 0 Å². The molecule has 100 valence electrons. The Bertz CT molecular complexity index is 434. The molecule has 0 unspecified atom stereocenters. The molecule has 0 saturated heterocycles. The third-order valence-electron chi connectivity index (χ3n) is 2.58.